The second kappa shape index (κ2) is 6.10. The smallest absolute Gasteiger partial charge is 0.462 e. The van der Waals surface area contributed by atoms with Crippen molar-refractivity contribution in [2.75, 3.05) is 6.61 Å². The molecule has 0 heterocycles. The van der Waals surface area contributed by atoms with E-state index in [2.05, 4.69) is 9.47 Å². The van der Waals surface area contributed by atoms with Crippen molar-refractivity contribution >= 4 is 28.6 Å². The zero-order valence-electron chi connectivity index (χ0n) is 9.55. The third kappa shape index (κ3) is 4.27. The van der Waals surface area contributed by atoms with Crippen molar-refractivity contribution in [3.8, 4) is 11.8 Å². The summed E-state index contributed by atoms with van der Waals surface area (Å²) >= 11 is 1.58. The van der Waals surface area contributed by atoms with Crippen LogP contribution in [0, 0.1) is 14.9 Å². The molecule has 0 aromatic heterocycles. The fourth-order valence-corrected chi connectivity index (χ4v) is 1.80. The van der Waals surface area contributed by atoms with E-state index in [-0.39, 0.29) is 21.3 Å². The van der Waals surface area contributed by atoms with Crippen molar-refractivity contribution in [1.82, 2.24) is 0 Å². The lowest BCUT2D eigenvalue weighted by Gasteiger charge is -2.12. The lowest BCUT2D eigenvalue weighted by atomic mass is 10.1. The van der Waals surface area contributed by atoms with E-state index in [4.69, 9.17) is 5.26 Å². The first-order chi connectivity index (χ1) is 8.78. The Labute approximate surface area is 120 Å². The molecule has 0 aliphatic heterocycles. The summed E-state index contributed by atoms with van der Waals surface area (Å²) in [6.07, 6.45) is -4.87. The first-order valence-electron chi connectivity index (χ1n) is 4.95. The molecule has 0 amide bonds. The summed E-state index contributed by atoms with van der Waals surface area (Å²) in [5.41, 5.74) is -0.332. The van der Waals surface area contributed by atoms with Crippen LogP contribution in [0.25, 0.3) is 0 Å². The number of hydrogen-bond donors (Lipinski definition) is 0. The van der Waals surface area contributed by atoms with Crippen LogP contribution in [0.4, 0.5) is 13.2 Å². The van der Waals surface area contributed by atoms with Crippen LogP contribution in [0.15, 0.2) is 12.1 Å². The van der Waals surface area contributed by atoms with Gasteiger partial charge >= 0.3 is 12.3 Å². The highest BCUT2D eigenvalue weighted by Crippen LogP contribution is 2.30. The van der Waals surface area contributed by atoms with E-state index in [0.717, 1.165) is 12.1 Å². The van der Waals surface area contributed by atoms with Crippen LogP contribution in [0.5, 0.6) is 5.75 Å². The second-order valence-electron chi connectivity index (χ2n) is 3.21. The Bertz CT molecular complexity index is 537. The quantitative estimate of drug-likeness (QED) is 0.592. The zero-order valence-corrected chi connectivity index (χ0v) is 11.7. The summed E-state index contributed by atoms with van der Waals surface area (Å²) in [6.45, 7) is 1.59. The Morgan fingerprint density at radius 3 is 2.58 bits per heavy atom. The SMILES string of the molecule is CCOC(=O)c1cc(OC(F)(F)F)c(I)cc1C#N. The van der Waals surface area contributed by atoms with E-state index in [1.165, 1.54) is 0 Å². The van der Waals surface area contributed by atoms with Crippen LogP contribution in [0.3, 0.4) is 0 Å². The van der Waals surface area contributed by atoms with Gasteiger partial charge in [-0.1, -0.05) is 0 Å². The number of hydrogen-bond acceptors (Lipinski definition) is 4. The number of nitrogens with zero attached hydrogens (tertiary/aromatic N) is 1. The van der Waals surface area contributed by atoms with E-state index in [1.54, 1.807) is 35.6 Å². The number of carbonyl (C=O) groups excluding carboxylic acids is 1. The van der Waals surface area contributed by atoms with Gasteiger partial charge in [0, 0.05) is 0 Å². The molecule has 1 aromatic rings. The lowest BCUT2D eigenvalue weighted by Crippen LogP contribution is -2.18. The van der Waals surface area contributed by atoms with Gasteiger partial charge in [0.15, 0.2) is 0 Å². The molecule has 1 aromatic carbocycles. The molecule has 102 valence electrons. The van der Waals surface area contributed by atoms with Crippen molar-refractivity contribution < 1.29 is 27.4 Å². The molecule has 0 radical (unpaired) electrons. The molecule has 0 bridgehead atoms. The van der Waals surface area contributed by atoms with Gasteiger partial charge < -0.3 is 9.47 Å². The molecule has 0 saturated heterocycles. The summed E-state index contributed by atoms with van der Waals surface area (Å²) in [7, 11) is 0. The van der Waals surface area contributed by atoms with Crippen LogP contribution in [-0.4, -0.2) is 18.9 Å². The Kier molecular flexibility index (Phi) is 4.99. The third-order valence-electron chi connectivity index (χ3n) is 1.91. The first kappa shape index (κ1) is 15.6. The maximum absolute atomic E-state index is 12.2. The van der Waals surface area contributed by atoms with Gasteiger partial charge in [-0.2, -0.15) is 5.26 Å². The summed E-state index contributed by atoms with van der Waals surface area (Å²) in [5, 5.41) is 8.86. The van der Waals surface area contributed by atoms with E-state index in [1.807, 2.05) is 0 Å². The molecule has 0 fully saturated rings. The number of rotatable bonds is 3. The van der Waals surface area contributed by atoms with Crippen molar-refractivity contribution in [2.24, 2.45) is 0 Å². The number of benzene rings is 1. The molecule has 19 heavy (non-hydrogen) atoms. The Balaban J connectivity index is 3.26. The molecule has 0 unspecified atom stereocenters. The van der Waals surface area contributed by atoms with Crippen LogP contribution in [-0.2, 0) is 4.74 Å². The van der Waals surface area contributed by atoms with Gasteiger partial charge in [-0.3, -0.25) is 0 Å². The molecule has 4 nitrogen and oxygen atoms in total. The normalized spacial score (nSPS) is 10.7. The largest absolute Gasteiger partial charge is 0.573 e. The van der Waals surface area contributed by atoms with Gasteiger partial charge in [-0.15, -0.1) is 13.2 Å². The summed E-state index contributed by atoms with van der Waals surface area (Å²) in [6, 6.07) is 3.71. The van der Waals surface area contributed by atoms with Gasteiger partial charge in [0.1, 0.15) is 11.8 Å². The Hall–Kier alpha value is -1.50. The van der Waals surface area contributed by atoms with Crippen molar-refractivity contribution in [3.05, 3.63) is 26.8 Å². The third-order valence-corrected chi connectivity index (χ3v) is 2.76. The Morgan fingerprint density at radius 2 is 2.11 bits per heavy atom. The molecule has 0 aliphatic carbocycles. The highest BCUT2D eigenvalue weighted by Gasteiger charge is 2.32. The predicted octanol–water partition coefficient (Wildman–Crippen LogP) is 3.24. The topological polar surface area (TPSA) is 59.3 Å². The summed E-state index contributed by atoms with van der Waals surface area (Å²) in [4.78, 5) is 11.5. The number of alkyl halides is 3. The summed E-state index contributed by atoms with van der Waals surface area (Å²) in [5.74, 6) is -1.42. The summed E-state index contributed by atoms with van der Waals surface area (Å²) < 4.78 is 45.0. The van der Waals surface area contributed by atoms with Crippen LogP contribution in [0.1, 0.15) is 22.8 Å². The molecule has 0 N–H and O–H groups in total. The lowest BCUT2D eigenvalue weighted by molar-refractivity contribution is -0.275. The minimum absolute atomic E-state index is 0.0468. The van der Waals surface area contributed by atoms with Crippen LogP contribution < -0.4 is 4.74 Å². The minimum Gasteiger partial charge on any atom is -0.462 e. The fraction of sp³-hybridized carbons (Fsp3) is 0.273. The average Bonchev–Trinajstić information content (AvgIpc) is 2.29. The van der Waals surface area contributed by atoms with E-state index >= 15 is 0 Å². The second-order valence-corrected chi connectivity index (χ2v) is 4.37. The maximum atomic E-state index is 12.2. The van der Waals surface area contributed by atoms with Gasteiger partial charge in [0.05, 0.1) is 21.3 Å². The molecular formula is C11H7F3INO3. The number of ether oxygens (including phenoxy) is 2. The minimum atomic E-state index is -4.87. The van der Waals surface area contributed by atoms with E-state index < -0.39 is 18.1 Å². The molecule has 8 heteroatoms. The van der Waals surface area contributed by atoms with Gasteiger partial charge in [0.2, 0.25) is 0 Å². The molecular weight excluding hydrogens is 378 g/mol. The monoisotopic (exact) mass is 385 g/mol. The van der Waals surface area contributed by atoms with Gasteiger partial charge in [-0.25, -0.2) is 4.79 Å². The maximum Gasteiger partial charge on any atom is 0.573 e. The van der Waals surface area contributed by atoms with Crippen molar-refractivity contribution in [1.29, 1.82) is 5.26 Å². The number of halogens is 4. The predicted molar refractivity (Wildman–Crippen MR) is 66.5 cm³/mol. The highest BCUT2D eigenvalue weighted by molar-refractivity contribution is 14.1. The Morgan fingerprint density at radius 1 is 1.47 bits per heavy atom. The van der Waals surface area contributed by atoms with Crippen LogP contribution >= 0.6 is 22.6 Å². The zero-order chi connectivity index (χ0) is 14.6. The molecule has 1 rings (SSSR count). The molecule has 0 spiro atoms. The van der Waals surface area contributed by atoms with Gasteiger partial charge in [0.25, 0.3) is 0 Å². The number of carbonyl (C=O) groups is 1. The van der Waals surface area contributed by atoms with E-state index in [9.17, 15) is 18.0 Å². The van der Waals surface area contributed by atoms with Gasteiger partial charge in [-0.05, 0) is 41.6 Å². The van der Waals surface area contributed by atoms with Crippen molar-refractivity contribution in [2.45, 2.75) is 13.3 Å². The molecule has 0 saturated carbocycles. The number of esters is 1. The van der Waals surface area contributed by atoms with Crippen LogP contribution in [0.2, 0.25) is 0 Å². The number of nitriles is 1. The molecule has 0 atom stereocenters. The fourth-order valence-electron chi connectivity index (χ4n) is 1.23. The highest BCUT2D eigenvalue weighted by atomic mass is 127. The first-order valence-corrected chi connectivity index (χ1v) is 6.03. The average molecular weight is 385 g/mol. The van der Waals surface area contributed by atoms with E-state index in [0.29, 0.717) is 0 Å². The molecule has 0 aliphatic rings. The standard InChI is InChI=1S/C11H7F3INO3/c1-2-18-10(17)7-4-9(19-11(12,13)14)8(15)3-6(7)5-16/h3-4H,2H2,1H3. The van der Waals surface area contributed by atoms with Crippen molar-refractivity contribution in [3.63, 3.8) is 0 Å².